The molecule has 2 rings (SSSR count). The fraction of sp³-hybridized carbons (Fsp3) is 1.00. The second-order valence-electron chi connectivity index (χ2n) is 5.16. The summed E-state index contributed by atoms with van der Waals surface area (Å²) in [5.41, 5.74) is 0.424. The Morgan fingerprint density at radius 2 is 2.07 bits per heavy atom. The number of rotatable bonds is 2. The summed E-state index contributed by atoms with van der Waals surface area (Å²) in [5.74, 6) is 0. The molecule has 2 nitrogen and oxygen atoms in total. The van der Waals surface area contributed by atoms with Crippen LogP contribution in [0.2, 0.25) is 0 Å². The Bertz CT molecular complexity index is 187. The molecule has 1 aliphatic heterocycles. The third-order valence-corrected chi connectivity index (χ3v) is 4.26. The highest BCUT2D eigenvalue weighted by molar-refractivity contribution is 4.95. The first-order valence-corrected chi connectivity index (χ1v) is 6.24. The quantitative estimate of drug-likeness (QED) is 0.727. The van der Waals surface area contributed by atoms with Crippen molar-refractivity contribution in [3.63, 3.8) is 0 Å². The Labute approximate surface area is 88.1 Å². The highest BCUT2D eigenvalue weighted by Crippen LogP contribution is 2.31. The van der Waals surface area contributed by atoms with Gasteiger partial charge in [0.05, 0.1) is 0 Å². The van der Waals surface area contributed by atoms with E-state index in [0.29, 0.717) is 5.54 Å². The van der Waals surface area contributed by atoms with Gasteiger partial charge in [-0.3, -0.25) is 4.90 Å². The van der Waals surface area contributed by atoms with Crippen molar-refractivity contribution >= 4 is 0 Å². The lowest BCUT2D eigenvalue weighted by Gasteiger charge is -2.48. The molecule has 1 aliphatic carbocycles. The molecule has 0 spiro atoms. The van der Waals surface area contributed by atoms with Gasteiger partial charge in [0, 0.05) is 31.2 Å². The highest BCUT2D eigenvalue weighted by Gasteiger charge is 2.37. The lowest BCUT2D eigenvalue weighted by molar-refractivity contribution is 0.0312. The monoisotopic (exact) mass is 196 g/mol. The van der Waals surface area contributed by atoms with Crippen LogP contribution in [0, 0.1) is 0 Å². The number of piperazine rings is 1. The largest absolute Gasteiger partial charge is 0.314 e. The van der Waals surface area contributed by atoms with Crippen molar-refractivity contribution in [2.24, 2.45) is 0 Å². The van der Waals surface area contributed by atoms with Gasteiger partial charge in [0.15, 0.2) is 0 Å². The number of hydrogen-bond acceptors (Lipinski definition) is 2. The molecule has 0 radical (unpaired) electrons. The van der Waals surface area contributed by atoms with Crippen LogP contribution in [0.15, 0.2) is 0 Å². The molecule has 2 fully saturated rings. The van der Waals surface area contributed by atoms with Gasteiger partial charge in [-0.25, -0.2) is 0 Å². The van der Waals surface area contributed by atoms with Gasteiger partial charge in [0.1, 0.15) is 0 Å². The van der Waals surface area contributed by atoms with Crippen LogP contribution in [0.1, 0.15) is 46.0 Å². The molecule has 14 heavy (non-hydrogen) atoms. The summed E-state index contributed by atoms with van der Waals surface area (Å²) in [6.45, 7) is 8.38. The molecule has 1 heterocycles. The third-order valence-electron chi connectivity index (χ3n) is 4.26. The van der Waals surface area contributed by atoms with Crippen molar-refractivity contribution in [1.82, 2.24) is 10.2 Å². The van der Waals surface area contributed by atoms with Crippen molar-refractivity contribution in [3.05, 3.63) is 0 Å². The first kappa shape index (κ1) is 10.4. The zero-order valence-corrected chi connectivity index (χ0v) is 9.68. The van der Waals surface area contributed by atoms with E-state index in [4.69, 9.17) is 0 Å². The van der Waals surface area contributed by atoms with Gasteiger partial charge in [-0.1, -0.05) is 19.8 Å². The number of nitrogens with zero attached hydrogens (tertiary/aromatic N) is 1. The van der Waals surface area contributed by atoms with E-state index in [2.05, 4.69) is 24.1 Å². The van der Waals surface area contributed by atoms with Crippen LogP contribution < -0.4 is 5.32 Å². The second-order valence-corrected chi connectivity index (χ2v) is 5.16. The van der Waals surface area contributed by atoms with Crippen molar-refractivity contribution < 1.29 is 0 Å². The summed E-state index contributed by atoms with van der Waals surface area (Å²) in [4.78, 5) is 2.79. The molecule has 0 aromatic rings. The standard InChI is InChI=1S/C12H24N2/c1-3-12(2)10-13-8-9-14(12)11-6-4-5-7-11/h11,13H,3-10H2,1-2H3. The molecule has 1 N–H and O–H groups in total. The summed E-state index contributed by atoms with van der Waals surface area (Å²) < 4.78 is 0. The molecule has 2 heteroatoms. The maximum absolute atomic E-state index is 3.54. The van der Waals surface area contributed by atoms with E-state index in [1.54, 1.807) is 0 Å². The average Bonchev–Trinajstić information content (AvgIpc) is 2.71. The highest BCUT2D eigenvalue weighted by atomic mass is 15.3. The zero-order chi connectivity index (χ0) is 10.0. The summed E-state index contributed by atoms with van der Waals surface area (Å²) in [6.07, 6.45) is 7.06. The lowest BCUT2D eigenvalue weighted by Crippen LogP contribution is -2.61. The molecule has 0 amide bonds. The molecule has 0 aromatic heterocycles. The molecular formula is C12H24N2. The smallest absolute Gasteiger partial charge is 0.0306 e. The van der Waals surface area contributed by atoms with Crippen LogP contribution in [0.4, 0.5) is 0 Å². The predicted molar refractivity (Wildman–Crippen MR) is 60.5 cm³/mol. The van der Waals surface area contributed by atoms with Gasteiger partial charge in [0.25, 0.3) is 0 Å². The van der Waals surface area contributed by atoms with E-state index < -0.39 is 0 Å². The maximum Gasteiger partial charge on any atom is 0.0306 e. The molecule has 1 atom stereocenters. The van der Waals surface area contributed by atoms with Crippen molar-refractivity contribution in [2.45, 2.75) is 57.5 Å². The molecule has 0 bridgehead atoms. The fourth-order valence-electron chi connectivity index (χ4n) is 3.10. The van der Waals surface area contributed by atoms with Crippen LogP contribution in [0.5, 0.6) is 0 Å². The van der Waals surface area contributed by atoms with Gasteiger partial charge in [-0.05, 0) is 26.2 Å². The van der Waals surface area contributed by atoms with Crippen molar-refractivity contribution in [2.75, 3.05) is 19.6 Å². The summed E-state index contributed by atoms with van der Waals surface area (Å²) in [7, 11) is 0. The fourth-order valence-corrected chi connectivity index (χ4v) is 3.10. The Hall–Kier alpha value is -0.0800. The zero-order valence-electron chi connectivity index (χ0n) is 9.68. The SMILES string of the molecule is CCC1(C)CNCCN1C1CCCC1. The van der Waals surface area contributed by atoms with E-state index >= 15 is 0 Å². The van der Waals surface area contributed by atoms with E-state index in [-0.39, 0.29) is 0 Å². The van der Waals surface area contributed by atoms with E-state index in [0.717, 1.165) is 6.04 Å². The molecule has 0 aromatic carbocycles. The average molecular weight is 196 g/mol. The molecule has 1 saturated carbocycles. The minimum absolute atomic E-state index is 0.424. The van der Waals surface area contributed by atoms with Crippen molar-refractivity contribution in [1.29, 1.82) is 0 Å². The Morgan fingerprint density at radius 3 is 2.71 bits per heavy atom. The van der Waals surface area contributed by atoms with Crippen LogP contribution in [0.25, 0.3) is 0 Å². The molecule has 1 unspecified atom stereocenters. The van der Waals surface area contributed by atoms with Crippen LogP contribution in [-0.4, -0.2) is 36.1 Å². The Balaban J connectivity index is 2.05. The summed E-state index contributed by atoms with van der Waals surface area (Å²) in [5, 5.41) is 3.54. The van der Waals surface area contributed by atoms with E-state index in [9.17, 15) is 0 Å². The van der Waals surface area contributed by atoms with Crippen LogP contribution >= 0.6 is 0 Å². The first-order chi connectivity index (χ1) is 6.76. The predicted octanol–water partition coefficient (Wildman–Crippen LogP) is 2.00. The van der Waals surface area contributed by atoms with E-state index in [1.165, 1.54) is 51.7 Å². The number of nitrogens with one attached hydrogen (secondary N) is 1. The van der Waals surface area contributed by atoms with Crippen LogP contribution in [0.3, 0.4) is 0 Å². The second kappa shape index (κ2) is 4.19. The minimum atomic E-state index is 0.424. The molecule has 82 valence electrons. The minimum Gasteiger partial charge on any atom is -0.314 e. The first-order valence-electron chi connectivity index (χ1n) is 6.24. The maximum atomic E-state index is 3.54. The number of hydrogen-bond donors (Lipinski definition) is 1. The van der Waals surface area contributed by atoms with E-state index in [1.807, 2.05) is 0 Å². The summed E-state index contributed by atoms with van der Waals surface area (Å²) in [6, 6.07) is 0.891. The van der Waals surface area contributed by atoms with Crippen LogP contribution in [-0.2, 0) is 0 Å². The summed E-state index contributed by atoms with van der Waals surface area (Å²) >= 11 is 0. The third kappa shape index (κ3) is 1.82. The molecule has 1 saturated heterocycles. The molecule has 2 aliphatic rings. The Kier molecular flexibility index (Phi) is 3.13. The van der Waals surface area contributed by atoms with Gasteiger partial charge in [0.2, 0.25) is 0 Å². The van der Waals surface area contributed by atoms with Gasteiger partial charge in [-0.15, -0.1) is 0 Å². The van der Waals surface area contributed by atoms with Crippen molar-refractivity contribution in [3.8, 4) is 0 Å². The van der Waals surface area contributed by atoms with Gasteiger partial charge in [-0.2, -0.15) is 0 Å². The topological polar surface area (TPSA) is 15.3 Å². The molecular weight excluding hydrogens is 172 g/mol. The normalized spacial score (nSPS) is 36.4. The Morgan fingerprint density at radius 1 is 1.36 bits per heavy atom. The van der Waals surface area contributed by atoms with Gasteiger partial charge >= 0.3 is 0 Å². The van der Waals surface area contributed by atoms with Gasteiger partial charge < -0.3 is 5.32 Å². The lowest BCUT2D eigenvalue weighted by atomic mass is 9.91.